The van der Waals surface area contributed by atoms with E-state index in [9.17, 15) is 0 Å². The topological polar surface area (TPSA) is 38.1 Å². The van der Waals surface area contributed by atoms with E-state index in [4.69, 9.17) is 4.42 Å². The highest BCUT2D eigenvalue weighted by molar-refractivity contribution is 7.09. The third-order valence-corrected chi connectivity index (χ3v) is 4.24. The molecular weight excluding hydrogens is 280 g/mol. The first-order valence-electron chi connectivity index (χ1n) is 7.11. The summed E-state index contributed by atoms with van der Waals surface area (Å²) in [6.07, 6.45) is 4.59. The van der Waals surface area contributed by atoms with Crippen LogP contribution < -0.4 is 5.32 Å². The average Bonchev–Trinajstić information content (AvgIpc) is 3.21. The Labute approximate surface area is 128 Å². The normalized spacial score (nSPS) is 12.4. The van der Waals surface area contributed by atoms with Crippen molar-refractivity contribution in [2.75, 3.05) is 6.54 Å². The van der Waals surface area contributed by atoms with Crippen molar-refractivity contribution in [1.29, 1.82) is 0 Å². The highest BCUT2D eigenvalue weighted by atomic mass is 32.1. The first-order valence-corrected chi connectivity index (χ1v) is 7.99. The van der Waals surface area contributed by atoms with Gasteiger partial charge < -0.3 is 9.73 Å². The Morgan fingerprint density at radius 3 is 2.76 bits per heavy atom. The van der Waals surface area contributed by atoms with Crippen LogP contribution >= 0.6 is 11.3 Å². The quantitative estimate of drug-likeness (QED) is 0.669. The summed E-state index contributed by atoms with van der Waals surface area (Å²) in [5, 5.41) is 6.59. The molecule has 1 atom stereocenters. The summed E-state index contributed by atoms with van der Waals surface area (Å²) < 4.78 is 5.61. The molecule has 0 aliphatic rings. The minimum absolute atomic E-state index is 0.296. The van der Waals surface area contributed by atoms with Crippen LogP contribution in [0.25, 0.3) is 0 Å². The van der Waals surface area contributed by atoms with Gasteiger partial charge in [-0.1, -0.05) is 30.3 Å². The zero-order valence-electron chi connectivity index (χ0n) is 11.7. The summed E-state index contributed by atoms with van der Waals surface area (Å²) in [7, 11) is 0. The van der Waals surface area contributed by atoms with Gasteiger partial charge in [0.1, 0.15) is 10.8 Å². The molecule has 3 rings (SSSR count). The van der Waals surface area contributed by atoms with Gasteiger partial charge in [0.15, 0.2) is 0 Å². The Kier molecular flexibility index (Phi) is 4.82. The Balaban J connectivity index is 1.61. The third-order valence-electron chi connectivity index (χ3n) is 3.46. The lowest BCUT2D eigenvalue weighted by Gasteiger charge is -2.15. The first-order chi connectivity index (χ1) is 10.4. The lowest BCUT2D eigenvalue weighted by atomic mass is 9.93. The van der Waals surface area contributed by atoms with Gasteiger partial charge in [-0.05, 0) is 30.7 Å². The molecule has 3 nitrogen and oxygen atoms in total. The molecule has 0 amide bonds. The number of hydrogen-bond donors (Lipinski definition) is 1. The average molecular weight is 298 g/mol. The van der Waals surface area contributed by atoms with Crippen molar-refractivity contribution < 1.29 is 4.42 Å². The van der Waals surface area contributed by atoms with E-state index in [1.54, 1.807) is 17.6 Å². The molecule has 0 saturated heterocycles. The van der Waals surface area contributed by atoms with Gasteiger partial charge in [-0.3, -0.25) is 0 Å². The van der Waals surface area contributed by atoms with E-state index in [1.807, 2.05) is 23.7 Å². The van der Waals surface area contributed by atoms with E-state index in [-0.39, 0.29) is 0 Å². The molecule has 4 heteroatoms. The largest absolute Gasteiger partial charge is 0.469 e. The monoisotopic (exact) mass is 298 g/mol. The fourth-order valence-corrected chi connectivity index (χ4v) is 3.02. The highest BCUT2D eigenvalue weighted by Crippen LogP contribution is 2.27. The van der Waals surface area contributed by atoms with Crippen molar-refractivity contribution in [3.63, 3.8) is 0 Å². The van der Waals surface area contributed by atoms with Crippen molar-refractivity contribution in [2.24, 2.45) is 0 Å². The molecule has 3 aromatic rings. The molecule has 0 spiro atoms. The summed E-state index contributed by atoms with van der Waals surface area (Å²) in [6, 6.07) is 14.5. The molecule has 0 radical (unpaired) electrons. The number of aromatic nitrogens is 1. The van der Waals surface area contributed by atoms with E-state index >= 15 is 0 Å². The Morgan fingerprint density at radius 2 is 2.05 bits per heavy atom. The summed E-state index contributed by atoms with van der Waals surface area (Å²) in [4.78, 5) is 4.28. The first kappa shape index (κ1) is 14.0. The van der Waals surface area contributed by atoms with Crippen LogP contribution in [0.15, 0.2) is 64.7 Å². The molecule has 1 N–H and O–H groups in total. The number of nitrogens with one attached hydrogen (secondary N) is 1. The van der Waals surface area contributed by atoms with E-state index in [2.05, 4.69) is 40.6 Å². The van der Waals surface area contributed by atoms with Gasteiger partial charge in [-0.25, -0.2) is 4.98 Å². The van der Waals surface area contributed by atoms with Crippen LogP contribution in [0.2, 0.25) is 0 Å². The standard InChI is InChI=1S/C17H18N2OS/c1-2-5-14(6-3-1)15(16-7-4-11-20-16)8-9-18-13-17-19-10-12-21-17/h1-7,10-12,15,18H,8-9,13H2. The summed E-state index contributed by atoms with van der Waals surface area (Å²) in [6.45, 7) is 1.76. The van der Waals surface area contributed by atoms with Crippen LogP contribution in [0.3, 0.4) is 0 Å². The molecule has 108 valence electrons. The number of furan rings is 1. The SMILES string of the molecule is c1ccc(C(CCNCc2nccs2)c2ccco2)cc1. The van der Waals surface area contributed by atoms with Gasteiger partial charge in [0.05, 0.1) is 6.26 Å². The lowest BCUT2D eigenvalue weighted by Crippen LogP contribution is -2.17. The van der Waals surface area contributed by atoms with Gasteiger partial charge in [0.2, 0.25) is 0 Å². The Morgan fingerprint density at radius 1 is 1.14 bits per heavy atom. The second-order valence-electron chi connectivity index (χ2n) is 4.87. The predicted molar refractivity (Wildman–Crippen MR) is 85.4 cm³/mol. The third kappa shape index (κ3) is 3.80. The van der Waals surface area contributed by atoms with E-state index in [1.165, 1.54) is 5.56 Å². The zero-order valence-corrected chi connectivity index (χ0v) is 12.6. The second kappa shape index (κ2) is 7.20. The Hall–Kier alpha value is -1.91. The minimum atomic E-state index is 0.296. The van der Waals surface area contributed by atoms with E-state index in [0.29, 0.717) is 5.92 Å². The molecule has 0 bridgehead atoms. The van der Waals surface area contributed by atoms with Crippen LogP contribution in [-0.4, -0.2) is 11.5 Å². The molecular formula is C17H18N2OS. The molecule has 1 aromatic carbocycles. The smallest absolute Gasteiger partial charge is 0.111 e. The van der Waals surface area contributed by atoms with Gasteiger partial charge in [0.25, 0.3) is 0 Å². The summed E-state index contributed by atoms with van der Waals surface area (Å²) >= 11 is 1.68. The maximum Gasteiger partial charge on any atom is 0.111 e. The minimum Gasteiger partial charge on any atom is -0.469 e. The number of thiazole rings is 1. The van der Waals surface area contributed by atoms with Crippen LogP contribution in [-0.2, 0) is 6.54 Å². The van der Waals surface area contributed by atoms with Crippen LogP contribution in [0.1, 0.15) is 28.7 Å². The highest BCUT2D eigenvalue weighted by Gasteiger charge is 2.16. The van der Waals surface area contributed by atoms with Crippen LogP contribution in [0.4, 0.5) is 0 Å². The molecule has 0 aliphatic carbocycles. The second-order valence-corrected chi connectivity index (χ2v) is 5.85. The number of benzene rings is 1. The van der Waals surface area contributed by atoms with Crippen molar-refractivity contribution in [3.05, 3.63) is 76.6 Å². The van der Waals surface area contributed by atoms with E-state index in [0.717, 1.165) is 30.3 Å². The van der Waals surface area contributed by atoms with Gasteiger partial charge in [-0.15, -0.1) is 11.3 Å². The molecule has 21 heavy (non-hydrogen) atoms. The summed E-state index contributed by atoms with van der Waals surface area (Å²) in [5.41, 5.74) is 1.29. The molecule has 0 fully saturated rings. The Bertz CT molecular complexity index is 620. The maximum atomic E-state index is 5.61. The van der Waals surface area contributed by atoms with Crippen molar-refractivity contribution in [1.82, 2.24) is 10.3 Å². The van der Waals surface area contributed by atoms with Crippen LogP contribution in [0.5, 0.6) is 0 Å². The molecule has 1 unspecified atom stereocenters. The fraction of sp³-hybridized carbons (Fsp3) is 0.235. The fourth-order valence-electron chi connectivity index (χ4n) is 2.43. The molecule has 2 aromatic heterocycles. The van der Waals surface area contributed by atoms with Crippen molar-refractivity contribution in [2.45, 2.75) is 18.9 Å². The van der Waals surface area contributed by atoms with Crippen molar-refractivity contribution in [3.8, 4) is 0 Å². The predicted octanol–water partition coefficient (Wildman–Crippen LogP) is 4.05. The molecule has 0 saturated carbocycles. The number of nitrogens with zero attached hydrogens (tertiary/aromatic N) is 1. The lowest BCUT2D eigenvalue weighted by molar-refractivity contribution is 0.466. The van der Waals surface area contributed by atoms with Gasteiger partial charge in [-0.2, -0.15) is 0 Å². The molecule has 0 aliphatic heterocycles. The van der Waals surface area contributed by atoms with Gasteiger partial charge >= 0.3 is 0 Å². The van der Waals surface area contributed by atoms with Crippen molar-refractivity contribution >= 4 is 11.3 Å². The van der Waals surface area contributed by atoms with E-state index < -0.39 is 0 Å². The van der Waals surface area contributed by atoms with Crippen LogP contribution in [0, 0.1) is 0 Å². The van der Waals surface area contributed by atoms with Gasteiger partial charge in [0, 0.05) is 24.0 Å². The summed E-state index contributed by atoms with van der Waals surface area (Å²) in [5.74, 6) is 1.32. The number of hydrogen-bond acceptors (Lipinski definition) is 4. The zero-order chi connectivity index (χ0) is 14.3. The maximum absolute atomic E-state index is 5.61. The molecule has 2 heterocycles. The number of rotatable bonds is 7.